The number of benzene rings is 1. The molecule has 1 unspecified atom stereocenters. The maximum Gasteiger partial charge on any atom is 0.129 e. The first kappa shape index (κ1) is 12.8. The van der Waals surface area contributed by atoms with Gasteiger partial charge in [-0.1, -0.05) is 17.7 Å². The van der Waals surface area contributed by atoms with Gasteiger partial charge in [-0.05, 0) is 32.0 Å². The molecule has 4 heteroatoms. The molecule has 0 saturated carbocycles. The van der Waals surface area contributed by atoms with Gasteiger partial charge in [0, 0.05) is 22.5 Å². The van der Waals surface area contributed by atoms with Crippen molar-refractivity contribution < 1.29 is 4.39 Å². The molecule has 0 aliphatic carbocycles. The lowest BCUT2D eigenvalue weighted by atomic mass is 10.2. The molecule has 0 heterocycles. The second-order valence-electron chi connectivity index (χ2n) is 3.45. The normalized spacial score (nSPS) is 12.8. The van der Waals surface area contributed by atoms with Crippen molar-refractivity contribution in [2.24, 2.45) is 0 Å². The van der Waals surface area contributed by atoms with Crippen molar-refractivity contribution in [2.45, 2.75) is 25.3 Å². The molecule has 0 fully saturated rings. The Kier molecular flexibility index (Phi) is 5.37. The van der Waals surface area contributed by atoms with E-state index in [9.17, 15) is 4.39 Å². The van der Waals surface area contributed by atoms with Crippen molar-refractivity contribution in [3.63, 3.8) is 0 Å². The second kappa shape index (κ2) is 6.31. The molecule has 1 aromatic rings. The lowest BCUT2D eigenvalue weighted by Gasteiger charge is -2.08. The van der Waals surface area contributed by atoms with E-state index in [1.54, 1.807) is 12.1 Å². The number of hydrogen-bond acceptors (Lipinski definition) is 1. The number of rotatable bonds is 5. The highest BCUT2D eigenvalue weighted by molar-refractivity contribution is 6.31. The van der Waals surface area contributed by atoms with Crippen LogP contribution in [0.5, 0.6) is 0 Å². The van der Waals surface area contributed by atoms with Gasteiger partial charge < -0.3 is 5.32 Å². The minimum absolute atomic E-state index is 0.133. The zero-order valence-electron chi connectivity index (χ0n) is 8.56. The van der Waals surface area contributed by atoms with E-state index in [4.69, 9.17) is 23.2 Å². The van der Waals surface area contributed by atoms with Crippen LogP contribution in [0.3, 0.4) is 0 Å². The van der Waals surface area contributed by atoms with Crippen molar-refractivity contribution in [2.75, 3.05) is 6.54 Å². The lowest BCUT2D eigenvalue weighted by Crippen LogP contribution is -2.18. The fraction of sp³-hybridized carbons (Fsp3) is 0.455. The molecule has 15 heavy (non-hydrogen) atoms. The fourth-order valence-corrected chi connectivity index (χ4v) is 1.55. The monoisotopic (exact) mass is 249 g/mol. The van der Waals surface area contributed by atoms with E-state index in [-0.39, 0.29) is 11.2 Å². The minimum atomic E-state index is -0.270. The summed E-state index contributed by atoms with van der Waals surface area (Å²) in [4.78, 5) is 0. The van der Waals surface area contributed by atoms with E-state index in [2.05, 4.69) is 5.32 Å². The lowest BCUT2D eigenvalue weighted by molar-refractivity contribution is 0.581. The Morgan fingerprint density at radius 2 is 2.20 bits per heavy atom. The molecular formula is C11H14Cl2FN. The van der Waals surface area contributed by atoms with E-state index < -0.39 is 0 Å². The molecule has 0 radical (unpaired) electrons. The van der Waals surface area contributed by atoms with Crippen LogP contribution in [0.15, 0.2) is 18.2 Å². The molecule has 0 aliphatic heterocycles. The summed E-state index contributed by atoms with van der Waals surface area (Å²) < 4.78 is 13.3. The Balaban J connectivity index is 2.43. The quantitative estimate of drug-likeness (QED) is 0.622. The maximum atomic E-state index is 13.3. The molecule has 1 atom stereocenters. The first-order valence-electron chi connectivity index (χ1n) is 4.89. The maximum absolute atomic E-state index is 13.3. The Hall–Kier alpha value is -0.310. The Morgan fingerprint density at radius 1 is 1.47 bits per heavy atom. The fourth-order valence-electron chi connectivity index (χ4n) is 1.22. The third-order valence-corrected chi connectivity index (χ3v) is 2.65. The molecule has 0 saturated heterocycles. The summed E-state index contributed by atoms with van der Waals surface area (Å²) in [6.45, 7) is 3.13. The molecular weight excluding hydrogens is 236 g/mol. The van der Waals surface area contributed by atoms with Gasteiger partial charge in [0.05, 0.1) is 0 Å². The SMILES string of the molecule is CC(Cl)CCNCc1c(F)cccc1Cl. The molecule has 1 aromatic carbocycles. The van der Waals surface area contributed by atoms with Crippen LogP contribution in [-0.2, 0) is 6.54 Å². The smallest absolute Gasteiger partial charge is 0.129 e. The minimum Gasteiger partial charge on any atom is -0.312 e. The van der Waals surface area contributed by atoms with Crippen LogP contribution in [0.2, 0.25) is 5.02 Å². The second-order valence-corrected chi connectivity index (χ2v) is 4.60. The predicted octanol–water partition coefficient (Wildman–Crippen LogP) is 3.59. The van der Waals surface area contributed by atoms with Gasteiger partial charge in [0.1, 0.15) is 5.82 Å². The largest absolute Gasteiger partial charge is 0.312 e. The van der Waals surface area contributed by atoms with Crippen LogP contribution in [-0.4, -0.2) is 11.9 Å². The molecule has 0 amide bonds. The Morgan fingerprint density at radius 3 is 2.80 bits per heavy atom. The van der Waals surface area contributed by atoms with E-state index in [1.807, 2.05) is 6.92 Å². The average molecular weight is 250 g/mol. The van der Waals surface area contributed by atoms with Gasteiger partial charge in [0.25, 0.3) is 0 Å². The van der Waals surface area contributed by atoms with Crippen LogP contribution in [0, 0.1) is 5.82 Å². The van der Waals surface area contributed by atoms with Crippen LogP contribution in [0.4, 0.5) is 4.39 Å². The van der Waals surface area contributed by atoms with Crippen molar-refractivity contribution in [1.29, 1.82) is 0 Å². The number of nitrogens with one attached hydrogen (secondary N) is 1. The molecule has 84 valence electrons. The van der Waals surface area contributed by atoms with E-state index in [0.29, 0.717) is 17.1 Å². The summed E-state index contributed by atoms with van der Waals surface area (Å²) >= 11 is 11.6. The van der Waals surface area contributed by atoms with E-state index >= 15 is 0 Å². The summed E-state index contributed by atoms with van der Waals surface area (Å²) in [6, 6.07) is 4.70. The average Bonchev–Trinajstić information content (AvgIpc) is 2.15. The van der Waals surface area contributed by atoms with Crippen LogP contribution < -0.4 is 5.32 Å². The van der Waals surface area contributed by atoms with Crippen molar-refractivity contribution in [3.8, 4) is 0 Å². The van der Waals surface area contributed by atoms with Gasteiger partial charge in [-0.2, -0.15) is 0 Å². The topological polar surface area (TPSA) is 12.0 Å². The first-order valence-corrected chi connectivity index (χ1v) is 5.70. The zero-order valence-corrected chi connectivity index (χ0v) is 10.1. The predicted molar refractivity (Wildman–Crippen MR) is 63.0 cm³/mol. The van der Waals surface area contributed by atoms with E-state index in [0.717, 1.165) is 13.0 Å². The summed E-state index contributed by atoms with van der Waals surface area (Å²) in [7, 11) is 0. The molecule has 1 nitrogen and oxygen atoms in total. The van der Waals surface area contributed by atoms with Crippen LogP contribution in [0.25, 0.3) is 0 Å². The van der Waals surface area contributed by atoms with Gasteiger partial charge in [-0.3, -0.25) is 0 Å². The molecule has 0 aliphatic rings. The summed E-state index contributed by atoms with van der Waals surface area (Å²) in [5, 5.41) is 3.70. The standard InChI is InChI=1S/C11H14Cl2FN/c1-8(12)5-6-15-7-9-10(13)3-2-4-11(9)14/h2-4,8,15H,5-7H2,1H3. The zero-order chi connectivity index (χ0) is 11.3. The van der Waals surface area contributed by atoms with Gasteiger partial charge in [0.15, 0.2) is 0 Å². The summed E-state index contributed by atoms with van der Waals surface area (Å²) in [5.41, 5.74) is 0.515. The Bertz CT molecular complexity index is 295. The Labute approximate surface area is 99.6 Å². The number of alkyl halides is 1. The third kappa shape index (κ3) is 4.37. The van der Waals surface area contributed by atoms with Gasteiger partial charge in [-0.15, -0.1) is 11.6 Å². The van der Waals surface area contributed by atoms with Crippen molar-refractivity contribution >= 4 is 23.2 Å². The van der Waals surface area contributed by atoms with E-state index in [1.165, 1.54) is 6.07 Å². The molecule has 0 spiro atoms. The highest BCUT2D eigenvalue weighted by atomic mass is 35.5. The number of hydrogen-bond donors (Lipinski definition) is 1. The van der Waals surface area contributed by atoms with Crippen molar-refractivity contribution in [1.82, 2.24) is 5.32 Å². The van der Waals surface area contributed by atoms with Gasteiger partial charge >= 0.3 is 0 Å². The molecule has 0 bridgehead atoms. The van der Waals surface area contributed by atoms with Gasteiger partial charge in [-0.25, -0.2) is 4.39 Å². The van der Waals surface area contributed by atoms with Crippen LogP contribution >= 0.6 is 23.2 Å². The summed E-state index contributed by atoms with van der Waals surface area (Å²) in [5.74, 6) is -0.270. The third-order valence-electron chi connectivity index (χ3n) is 2.08. The van der Waals surface area contributed by atoms with Crippen molar-refractivity contribution in [3.05, 3.63) is 34.6 Å². The first-order chi connectivity index (χ1) is 7.11. The molecule has 1 N–H and O–H groups in total. The highest BCUT2D eigenvalue weighted by Crippen LogP contribution is 2.18. The number of halogens is 3. The van der Waals surface area contributed by atoms with Gasteiger partial charge in [0.2, 0.25) is 0 Å². The molecule has 0 aromatic heterocycles. The highest BCUT2D eigenvalue weighted by Gasteiger charge is 2.05. The summed E-state index contributed by atoms with van der Waals surface area (Å²) in [6.07, 6.45) is 0.855. The molecule has 1 rings (SSSR count). The van der Waals surface area contributed by atoms with Crippen LogP contribution in [0.1, 0.15) is 18.9 Å².